The highest BCUT2D eigenvalue weighted by molar-refractivity contribution is 5.93. The first-order valence-electron chi connectivity index (χ1n) is 7.67. The van der Waals surface area contributed by atoms with E-state index in [4.69, 9.17) is 9.47 Å². The summed E-state index contributed by atoms with van der Waals surface area (Å²) in [5.41, 5.74) is 3.70. The molecule has 2 aromatic rings. The van der Waals surface area contributed by atoms with Gasteiger partial charge in [-0.15, -0.1) is 0 Å². The Morgan fingerprint density at radius 1 is 0.958 bits per heavy atom. The van der Waals surface area contributed by atoms with E-state index < -0.39 is 5.97 Å². The molecule has 24 heavy (non-hydrogen) atoms. The van der Waals surface area contributed by atoms with Crippen molar-refractivity contribution >= 4 is 17.6 Å². The van der Waals surface area contributed by atoms with Crippen LogP contribution in [0.2, 0.25) is 0 Å². The van der Waals surface area contributed by atoms with Crippen LogP contribution >= 0.6 is 0 Å². The maximum atomic E-state index is 11.8. The summed E-state index contributed by atoms with van der Waals surface area (Å²) in [6, 6.07) is 13.1. The van der Waals surface area contributed by atoms with E-state index in [1.54, 1.807) is 6.07 Å². The normalized spacial score (nSPS) is 10.1. The molecule has 0 radical (unpaired) electrons. The van der Waals surface area contributed by atoms with Gasteiger partial charge in [-0.2, -0.15) is 0 Å². The maximum absolute atomic E-state index is 11.8. The predicted octanol–water partition coefficient (Wildman–Crippen LogP) is 3.17. The van der Waals surface area contributed by atoms with Crippen molar-refractivity contribution in [2.75, 3.05) is 18.5 Å². The molecule has 0 aliphatic heterocycles. The van der Waals surface area contributed by atoms with Crippen molar-refractivity contribution in [3.63, 3.8) is 0 Å². The van der Waals surface area contributed by atoms with E-state index in [0.717, 1.165) is 16.7 Å². The van der Waals surface area contributed by atoms with E-state index in [-0.39, 0.29) is 19.1 Å². The van der Waals surface area contributed by atoms with Crippen molar-refractivity contribution < 1.29 is 19.1 Å². The maximum Gasteiger partial charge on any atom is 0.344 e. The Kier molecular flexibility index (Phi) is 5.95. The molecule has 5 heteroatoms. The molecule has 0 saturated heterocycles. The van der Waals surface area contributed by atoms with Gasteiger partial charge in [-0.05, 0) is 44.0 Å². The van der Waals surface area contributed by atoms with E-state index in [1.165, 1.54) is 0 Å². The molecule has 0 atom stereocenters. The predicted molar refractivity (Wildman–Crippen MR) is 92.2 cm³/mol. The third-order valence-corrected chi connectivity index (χ3v) is 3.46. The molecule has 0 heterocycles. The second-order valence-corrected chi connectivity index (χ2v) is 5.58. The average molecular weight is 327 g/mol. The van der Waals surface area contributed by atoms with Gasteiger partial charge in [-0.1, -0.05) is 35.9 Å². The summed E-state index contributed by atoms with van der Waals surface area (Å²) < 4.78 is 10.3. The molecule has 0 saturated carbocycles. The van der Waals surface area contributed by atoms with Crippen molar-refractivity contribution in [3.8, 4) is 5.75 Å². The van der Waals surface area contributed by atoms with Gasteiger partial charge in [0, 0.05) is 5.69 Å². The van der Waals surface area contributed by atoms with E-state index >= 15 is 0 Å². The summed E-state index contributed by atoms with van der Waals surface area (Å²) in [7, 11) is 0. The molecule has 0 aliphatic carbocycles. The monoisotopic (exact) mass is 327 g/mol. The van der Waals surface area contributed by atoms with Crippen LogP contribution in [0.15, 0.2) is 42.5 Å². The summed E-state index contributed by atoms with van der Waals surface area (Å²) in [5, 5.41) is 2.70. The summed E-state index contributed by atoms with van der Waals surface area (Å²) in [6.07, 6.45) is 0. The van der Waals surface area contributed by atoms with Crippen LogP contribution < -0.4 is 10.1 Å². The number of carbonyl (C=O) groups is 2. The lowest BCUT2D eigenvalue weighted by molar-refractivity contribution is -0.149. The number of aryl methyl sites for hydroxylation is 3. The van der Waals surface area contributed by atoms with Crippen LogP contribution in [0, 0.1) is 20.8 Å². The minimum atomic E-state index is -0.588. The van der Waals surface area contributed by atoms with E-state index in [9.17, 15) is 9.59 Å². The molecule has 1 N–H and O–H groups in total. The van der Waals surface area contributed by atoms with E-state index in [0.29, 0.717) is 11.4 Å². The number of benzene rings is 2. The van der Waals surface area contributed by atoms with Gasteiger partial charge in [0.1, 0.15) is 5.75 Å². The van der Waals surface area contributed by atoms with Crippen LogP contribution in [-0.2, 0) is 14.3 Å². The Bertz CT molecular complexity index is 740. The van der Waals surface area contributed by atoms with Gasteiger partial charge in [-0.25, -0.2) is 4.79 Å². The van der Waals surface area contributed by atoms with Gasteiger partial charge < -0.3 is 14.8 Å². The Morgan fingerprint density at radius 2 is 1.71 bits per heavy atom. The lowest BCUT2D eigenvalue weighted by Gasteiger charge is -2.10. The van der Waals surface area contributed by atoms with Gasteiger partial charge in [0.05, 0.1) is 0 Å². The molecule has 0 aliphatic rings. The number of hydrogen-bond acceptors (Lipinski definition) is 4. The smallest absolute Gasteiger partial charge is 0.344 e. The van der Waals surface area contributed by atoms with Crippen molar-refractivity contribution in [2.45, 2.75) is 20.8 Å². The number of nitrogens with one attached hydrogen (secondary N) is 1. The van der Waals surface area contributed by atoms with Crippen LogP contribution in [0.5, 0.6) is 5.75 Å². The molecule has 126 valence electrons. The highest BCUT2D eigenvalue weighted by atomic mass is 16.6. The molecule has 0 fully saturated rings. The molecular weight excluding hydrogens is 306 g/mol. The topological polar surface area (TPSA) is 64.6 Å². The fourth-order valence-electron chi connectivity index (χ4n) is 2.19. The Hall–Kier alpha value is -2.82. The molecule has 2 aromatic carbocycles. The second-order valence-electron chi connectivity index (χ2n) is 5.58. The number of carbonyl (C=O) groups excluding carboxylic acids is 2. The van der Waals surface area contributed by atoms with Crippen LogP contribution in [0.4, 0.5) is 5.69 Å². The summed E-state index contributed by atoms with van der Waals surface area (Å²) in [5.74, 6) is -0.346. The van der Waals surface area contributed by atoms with Crippen LogP contribution in [0.25, 0.3) is 0 Å². The quantitative estimate of drug-likeness (QED) is 0.828. The SMILES string of the molecule is Cc1ccc(OCC(=O)OCC(=O)Nc2ccccc2C)c(C)c1. The summed E-state index contributed by atoms with van der Waals surface area (Å²) >= 11 is 0. The van der Waals surface area contributed by atoms with Crippen molar-refractivity contribution in [1.29, 1.82) is 0 Å². The van der Waals surface area contributed by atoms with Crippen molar-refractivity contribution in [3.05, 3.63) is 59.2 Å². The lowest BCUT2D eigenvalue weighted by atomic mass is 10.1. The minimum absolute atomic E-state index is 0.235. The highest BCUT2D eigenvalue weighted by Crippen LogP contribution is 2.18. The van der Waals surface area contributed by atoms with Gasteiger partial charge in [0.15, 0.2) is 13.2 Å². The fourth-order valence-corrected chi connectivity index (χ4v) is 2.19. The Morgan fingerprint density at radius 3 is 2.42 bits per heavy atom. The zero-order chi connectivity index (χ0) is 17.5. The van der Waals surface area contributed by atoms with E-state index in [2.05, 4.69) is 5.32 Å². The largest absolute Gasteiger partial charge is 0.482 e. The number of esters is 1. The number of amides is 1. The number of hydrogen-bond donors (Lipinski definition) is 1. The molecule has 5 nitrogen and oxygen atoms in total. The zero-order valence-corrected chi connectivity index (χ0v) is 14.1. The zero-order valence-electron chi connectivity index (χ0n) is 14.1. The lowest BCUT2D eigenvalue weighted by Crippen LogP contribution is -2.24. The van der Waals surface area contributed by atoms with Crippen molar-refractivity contribution in [2.24, 2.45) is 0 Å². The number of rotatable bonds is 6. The third-order valence-electron chi connectivity index (χ3n) is 3.46. The number of anilines is 1. The van der Waals surface area contributed by atoms with Gasteiger partial charge >= 0.3 is 5.97 Å². The van der Waals surface area contributed by atoms with Gasteiger partial charge in [-0.3, -0.25) is 4.79 Å². The first-order valence-corrected chi connectivity index (χ1v) is 7.67. The third kappa shape index (κ3) is 5.12. The molecule has 0 bridgehead atoms. The van der Waals surface area contributed by atoms with E-state index in [1.807, 2.05) is 57.2 Å². The van der Waals surface area contributed by atoms with Gasteiger partial charge in [0.25, 0.3) is 5.91 Å². The summed E-state index contributed by atoms with van der Waals surface area (Å²) in [6.45, 7) is 5.20. The molecule has 2 rings (SSSR count). The molecular formula is C19H21NO4. The fraction of sp³-hybridized carbons (Fsp3) is 0.263. The molecule has 0 aromatic heterocycles. The van der Waals surface area contributed by atoms with Crippen LogP contribution in [-0.4, -0.2) is 25.1 Å². The standard InChI is InChI=1S/C19H21NO4/c1-13-8-9-17(15(3)10-13)23-12-19(22)24-11-18(21)20-16-7-5-4-6-14(16)2/h4-10H,11-12H2,1-3H3,(H,20,21). The number of para-hydroxylation sites is 1. The van der Waals surface area contributed by atoms with Gasteiger partial charge in [0.2, 0.25) is 0 Å². The molecule has 1 amide bonds. The van der Waals surface area contributed by atoms with Crippen molar-refractivity contribution in [1.82, 2.24) is 0 Å². The Balaban J connectivity index is 1.76. The second kappa shape index (κ2) is 8.15. The summed E-state index contributed by atoms with van der Waals surface area (Å²) in [4.78, 5) is 23.5. The first-order chi connectivity index (χ1) is 11.5. The van der Waals surface area contributed by atoms with Crippen LogP contribution in [0.1, 0.15) is 16.7 Å². The molecule has 0 spiro atoms. The van der Waals surface area contributed by atoms with Crippen LogP contribution in [0.3, 0.4) is 0 Å². The Labute approximate surface area is 141 Å². The average Bonchev–Trinajstić information content (AvgIpc) is 2.54. The number of ether oxygens (including phenoxy) is 2. The highest BCUT2D eigenvalue weighted by Gasteiger charge is 2.10. The molecule has 0 unspecified atom stereocenters. The first kappa shape index (κ1) is 17.5. The minimum Gasteiger partial charge on any atom is -0.482 e.